The Morgan fingerprint density at radius 3 is 2.48 bits per heavy atom. The molecule has 0 aromatic carbocycles. The van der Waals surface area contributed by atoms with Crippen molar-refractivity contribution >= 4 is 22.0 Å². The van der Waals surface area contributed by atoms with Gasteiger partial charge in [-0.05, 0) is 24.8 Å². The highest BCUT2D eigenvalue weighted by Crippen LogP contribution is 2.47. The number of hydrogen-bond donors (Lipinski definition) is 1. The summed E-state index contributed by atoms with van der Waals surface area (Å²) in [5, 5.41) is 10.9. The van der Waals surface area contributed by atoms with Gasteiger partial charge in [-0.25, -0.2) is 0 Å². The summed E-state index contributed by atoms with van der Waals surface area (Å²) in [6, 6.07) is 0. The standard InChI is InChI=1S/C19H30N2OS/c1-7-9-10-20-16(6)21(11-13(3)8-2)15(5)18-14(4)17(12-22)23-19(18)20/h13,22H,5-12H2,1-4H3. The van der Waals surface area contributed by atoms with Crippen LogP contribution in [0.2, 0.25) is 0 Å². The van der Waals surface area contributed by atoms with Crippen LogP contribution < -0.4 is 4.90 Å². The number of anilines is 1. The van der Waals surface area contributed by atoms with Crippen molar-refractivity contribution in [3.05, 3.63) is 35.0 Å². The number of rotatable bonds is 7. The van der Waals surface area contributed by atoms with Gasteiger partial charge < -0.3 is 14.9 Å². The van der Waals surface area contributed by atoms with E-state index in [1.165, 1.54) is 16.1 Å². The van der Waals surface area contributed by atoms with Crippen molar-refractivity contribution in [3.8, 4) is 0 Å². The molecule has 0 bridgehead atoms. The van der Waals surface area contributed by atoms with Crippen molar-refractivity contribution in [2.45, 2.75) is 53.6 Å². The lowest BCUT2D eigenvalue weighted by Crippen LogP contribution is -2.40. The Hall–Kier alpha value is -1.26. The second-order valence-corrected chi connectivity index (χ2v) is 7.56. The Balaban J connectivity index is 2.46. The molecule has 1 aliphatic heterocycles. The van der Waals surface area contributed by atoms with E-state index in [1.54, 1.807) is 11.3 Å². The van der Waals surface area contributed by atoms with Gasteiger partial charge in [-0.2, -0.15) is 0 Å². The van der Waals surface area contributed by atoms with Crippen molar-refractivity contribution in [1.82, 2.24) is 4.90 Å². The van der Waals surface area contributed by atoms with Gasteiger partial charge in [0, 0.05) is 29.2 Å². The van der Waals surface area contributed by atoms with Crippen LogP contribution in [-0.2, 0) is 6.61 Å². The third-order valence-electron chi connectivity index (χ3n) is 4.78. The number of hydrogen-bond acceptors (Lipinski definition) is 4. The van der Waals surface area contributed by atoms with Crippen LogP contribution in [0.5, 0.6) is 0 Å². The van der Waals surface area contributed by atoms with E-state index in [-0.39, 0.29) is 6.61 Å². The molecule has 1 N–H and O–H groups in total. The quantitative estimate of drug-likeness (QED) is 0.763. The van der Waals surface area contributed by atoms with Gasteiger partial charge in [0.2, 0.25) is 0 Å². The van der Waals surface area contributed by atoms with E-state index in [0.29, 0.717) is 5.92 Å². The predicted octanol–water partition coefficient (Wildman–Crippen LogP) is 4.96. The molecule has 3 nitrogen and oxygen atoms in total. The lowest BCUT2D eigenvalue weighted by molar-refractivity contribution is 0.285. The minimum Gasteiger partial charge on any atom is -0.391 e. The normalized spacial score (nSPS) is 16.0. The van der Waals surface area contributed by atoms with Crippen molar-refractivity contribution in [2.24, 2.45) is 5.92 Å². The molecule has 2 heterocycles. The van der Waals surface area contributed by atoms with E-state index in [9.17, 15) is 5.11 Å². The van der Waals surface area contributed by atoms with Crippen LogP contribution in [0.25, 0.3) is 5.70 Å². The molecule has 1 unspecified atom stereocenters. The molecule has 0 amide bonds. The van der Waals surface area contributed by atoms with Gasteiger partial charge in [0.15, 0.2) is 0 Å². The second-order valence-electron chi connectivity index (χ2n) is 6.48. The topological polar surface area (TPSA) is 26.7 Å². The summed E-state index contributed by atoms with van der Waals surface area (Å²) in [6.45, 7) is 19.5. The smallest absolute Gasteiger partial charge is 0.106 e. The summed E-state index contributed by atoms with van der Waals surface area (Å²) in [4.78, 5) is 5.63. The molecule has 0 saturated heterocycles. The van der Waals surface area contributed by atoms with Crippen molar-refractivity contribution in [3.63, 3.8) is 0 Å². The van der Waals surface area contributed by atoms with Crippen molar-refractivity contribution in [1.29, 1.82) is 0 Å². The van der Waals surface area contributed by atoms with Crippen LogP contribution in [0.1, 0.15) is 56.0 Å². The SMILES string of the molecule is C=C1c2c(sc(CO)c2C)N(CCCC)C(=C)N1CC(C)CC. The average Bonchev–Trinajstić information content (AvgIpc) is 2.87. The van der Waals surface area contributed by atoms with E-state index < -0.39 is 0 Å². The lowest BCUT2D eigenvalue weighted by atomic mass is 10.0. The molecular weight excluding hydrogens is 304 g/mol. The molecular formula is C19H30N2OS. The molecule has 0 aliphatic carbocycles. The zero-order valence-corrected chi connectivity index (χ0v) is 15.8. The first-order valence-corrected chi connectivity index (χ1v) is 9.44. The lowest BCUT2D eigenvalue weighted by Gasteiger charge is -2.42. The van der Waals surface area contributed by atoms with Gasteiger partial charge in [0.25, 0.3) is 0 Å². The first-order valence-electron chi connectivity index (χ1n) is 8.62. The first-order chi connectivity index (χ1) is 11.0. The molecule has 1 aromatic heterocycles. The highest BCUT2D eigenvalue weighted by Gasteiger charge is 2.33. The van der Waals surface area contributed by atoms with Crippen molar-refractivity contribution < 1.29 is 5.11 Å². The predicted molar refractivity (Wildman–Crippen MR) is 102 cm³/mol. The van der Waals surface area contributed by atoms with Crippen LogP contribution in [0.3, 0.4) is 0 Å². The van der Waals surface area contributed by atoms with Gasteiger partial charge in [0.1, 0.15) is 10.8 Å². The molecule has 1 aliphatic rings. The molecule has 4 heteroatoms. The third kappa shape index (κ3) is 3.33. The minimum absolute atomic E-state index is 0.0935. The zero-order valence-electron chi connectivity index (χ0n) is 15.0. The largest absolute Gasteiger partial charge is 0.391 e. The highest BCUT2D eigenvalue weighted by atomic mass is 32.1. The summed E-state index contributed by atoms with van der Waals surface area (Å²) in [5.41, 5.74) is 3.40. The van der Waals surface area contributed by atoms with Gasteiger partial charge in [-0.15, -0.1) is 11.3 Å². The maximum atomic E-state index is 9.66. The van der Waals surface area contributed by atoms with E-state index in [1.807, 2.05) is 0 Å². The number of nitrogens with zero attached hydrogens (tertiary/aromatic N) is 2. The van der Waals surface area contributed by atoms with E-state index in [0.717, 1.165) is 48.7 Å². The third-order valence-corrected chi connectivity index (χ3v) is 6.08. The Bertz CT molecular complexity index is 590. The Kier molecular flexibility index (Phi) is 5.93. The molecule has 1 atom stereocenters. The van der Waals surface area contributed by atoms with E-state index in [2.05, 4.69) is 50.7 Å². The summed E-state index contributed by atoms with van der Waals surface area (Å²) in [5.74, 6) is 1.62. The Morgan fingerprint density at radius 1 is 1.22 bits per heavy atom. The van der Waals surface area contributed by atoms with Crippen LogP contribution >= 0.6 is 11.3 Å². The van der Waals surface area contributed by atoms with Crippen LogP contribution in [0.15, 0.2) is 19.0 Å². The Morgan fingerprint density at radius 2 is 1.91 bits per heavy atom. The van der Waals surface area contributed by atoms with Crippen LogP contribution in [0.4, 0.5) is 5.00 Å². The second kappa shape index (κ2) is 7.54. The summed E-state index contributed by atoms with van der Waals surface area (Å²) >= 11 is 1.68. The van der Waals surface area contributed by atoms with E-state index >= 15 is 0 Å². The monoisotopic (exact) mass is 334 g/mol. The van der Waals surface area contributed by atoms with Crippen LogP contribution in [0, 0.1) is 12.8 Å². The minimum atomic E-state index is 0.0935. The van der Waals surface area contributed by atoms with Gasteiger partial charge >= 0.3 is 0 Å². The zero-order chi connectivity index (χ0) is 17.1. The number of fused-ring (bicyclic) bond motifs is 1. The fourth-order valence-electron chi connectivity index (χ4n) is 2.98. The first kappa shape index (κ1) is 18.1. The Labute approximate surface area is 144 Å². The number of aliphatic hydroxyl groups is 1. The summed E-state index contributed by atoms with van der Waals surface area (Å²) in [7, 11) is 0. The van der Waals surface area contributed by atoms with E-state index in [4.69, 9.17) is 0 Å². The highest BCUT2D eigenvalue weighted by molar-refractivity contribution is 7.16. The van der Waals surface area contributed by atoms with Crippen LogP contribution in [-0.4, -0.2) is 23.1 Å². The number of unbranched alkanes of at least 4 members (excludes halogenated alkanes) is 1. The molecule has 0 spiro atoms. The molecule has 23 heavy (non-hydrogen) atoms. The summed E-state index contributed by atoms with van der Waals surface area (Å²) in [6.07, 6.45) is 3.43. The fraction of sp³-hybridized carbons (Fsp3) is 0.579. The van der Waals surface area contributed by atoms with Gasteiger partial charge in [-0.1, -0.05) is 46.8 Å². The van der Waals surface area contributed by atoms with Crippen molar-refractivity contribution in [2.75, 3.05) is 18.0 Å². The molecule has 128 valence electrons. The average molecular weight is 335 g/mol. The maximum absolute atomic E-state index is 9.66. The number of aliphatic hydroxyl groups excluding tert-OH is 1. The fourth-order valence-corrected chi connectivity index (χ4v) is 4.21. The van der Waals surface area contributed by atoms with Gasteiger partial charge in [0.05, 0.1) is 6.61 Å². The molecule has 2 rings (SSSR count). The molecule has 0 saturated carbocycles. The maximum Gasteiger partial charge on any atom is 0.106 e. The number of thiophene rings is 1. The van der Waals surface area contributed by atoms with Gasteiger partial charge in [-0.3, -0.25) is 0 Å². The molecule has 1 aromatic rings. The molecule has 0 fully saturated rings. The molecule has 0 radical (unpaired) electrons. The summed E-state index contributed by atoms with van der Waals surface area (Å²) < 4.78 is 0.